The van der Waals surface area contributed by atoms with Gasteiger partial charge in [0.15, 0.2) is 11.5 Å². The van der Waals surface area contributed by atoms with Crippen molar-refractivity contribution < 1.29 is 19.1 Å². The summed E-state index contributed by atoms with van der Waals surface area (Å²) in [6, 6.07) is 18.4. The predicted molar refractivity (Wildman–Crippen MR) is 123 cm³/mol. The van der Waals surface area contributed by atoms with Gasteiger partial charge in [-0.2, -0.15) is 0 Å². The number of thiophene rings is 1. The van der Waals surface area contributed by atoms with E-state index in [1.807, 2.05) is 59.7 Å². The van der Waals surface area contributed by atoms with E-state index in [1.54, 1.807) is 18.2 Å². The number of hydrogen-bond acceptors (Lipinski definition) is 6. The van der Waals surface area contributed by atoms with E-state index in [9.17, 15) is 9.59 Å². The Bertz CT molecular complexity index is 1140. The molecule has 0 saturated heterocycles. The van der Waals surface area contributed by atoms with Gasteiger partial charge in [-0.15, -0.1) is 11.3 Å². The molecule has 2 aromatic carbocycles. The van der Waals surface area contributed by atoms with Crippen molar-refractivity contribution in [2.75, 3.05) is 30.6 Å². The molecule has 0 radical (unpaired) electrons. The molecule has 31 heavy (non-hydrogen) atoms. The van der Waals surface area contributed by atoms with Crippen molar-refractivity contribution in [3.63, 3.8) is 0 Å². The van der Waals surface area contributed by atoms with E-state index in [4.69, 9.17) is 9.47 Å². The van der Waals surface area contributed by atoms with Gasteiger partial charge in [-0.3, -0.25) is 9.59 Å². The second kappa shape index (κ2) is 8.65. The highest BCUT2D eigenvalue weighted by atomic mass is 32.1. The third kappa shape index (κ3) is 3.57. The molecule has 0 aliphatic carbocycles. The number of anilines is 2. The van der Waals surface area contributed by atoms with Crippen LogP contribution >= 0.6 is 11.3 Å². The van der Waals surface area contributed by atoms with E-state index < -0.39 is 0 Å². The SMILES string of the molecule is CCN(C1=C(c2cccs2)C(=O)N(c2ccc(OC)c(OC)c2)C1=O)c1ccccc1. The second-order valence-corrected chi connectivity index (χ2v) is 7.71. The Balaban J connectivity index is 1.86. The molecule has 0 N–H and O–H groups in total. The lowest BCUT2D eigenvalue weighted by atomic mass is 10.1. The Morgan fingerprint density at radius 3 is 2.26 bits per heavy atom. The van der Waals surface area contributed by atoms with Crippen LogP contribution in [0.5, 0.6) is 11.5 Å². The molecular formula is C24H22N2O4S. The lowest BCUT2D eigenvalue weighted by molar-refractivity contribution is -0.120. The van der Waals surface area contributed by atoms with E-state index in [1.165, 1.54) is 30.5 Å². The highest BCUT2D eigenvalue weighted by molar-refractivity contribution is 7.11. The minimum atomic E-state index is -0.369. The van der Waals surface area contributed by atoms with Crippen molar-refractivity contribution in [2.24, 2.45) is 0 Å². The number of ether oxygens (including phenoxy) is 2. The van der Waals surface area contributed by atoms with Crippen molar-refractivity contribution in [3.05, 3.63) is 76.6 Å². The number of carbonyl (C=O) groups excluding carboxylic acids is 2. The summed E-state index contributed by atoms with van der Waals surface area (Å²) >= 11 is 1.43. The number of amides is 2. The predicted octanol–water partition coefficient (Wildman–Crippen LogP) is 4.58. The normalized spacial score (nSPS) is 13.7. The number of methoxy groups -OCH3 is 2. The number of likely N-dealkylation sites (N-methyl/N-ethyl adjacent to an activating group) is 1. The molecule has 0 unspecified atom stereocenters. The summed E-state index contributed by atoms with van der Waals surface area (Å²) in [7, 11) is 3.06. The third-order valence-electron chi connectivity index (χ3n) is 5.11. The maximum atomic E-state index is 13.7. The molecule has 0 spiro atoms. The van der Waals surface area contributed by atoms with E-state index >= 15 is 0 Å². The number of imide groups is 1. The highest BCUT2D eigenvalue weighted by Crippen LogP contribution is 2.40. The Morgan fingerprint density at radius 1 is 0.903 bits per heavy atom. The van der Waals surface area contributed by atoms with Gasteiger partial charge in [0, 0.05) is 23.2 Å². The lowest BCUT2D eigenvalue weighted by Gasteiger charge is -2.25. The monoisotopic (exact) mass is 434 g/mol. The number of rotatable bonds is 7. The van der Waals surface area contributed by atoms with Gasteiger partial charge in [-0.1, -0.05) is 24.3 Å². The molecule has 7 heteroatoms. The van der Waals surface area contributed by atoms with Crippen molar-refractivity contribution in [3.8, 4) is 11.5 Å². The third-order valence-corrected chi connectivity index (χ3v) is 5.99. The maximum Gasteiger partial charge on any atom is 0.282 e. The molecule has 1 aliphatic heterocycles. The topological polar surface area (TPSA) is 59.1 Å². The van der Waals surface area contributed by atoms with Gasteiger partial charge in [0.2, 0.25) is 0 Å². The number of benzene rings is 2. The van der Waals surface area contributed by atoms with Gasteiger partial charge < -0.3 is 14.4 Å². The summed E-state index contributed by atoms with van der Waals surface area (Å²) in [5, 5.41) is 1.90. The van der Waals surface area contributed by atoms with Crippen LogP contribution in [0.3, 0.4) is 0 Å². The number of hydrogen-bond donors (Lipinski definition) is 0. The van der Waals surface area contributed by atoms with Gasteiger partial charge in [-0.05, 0) is 42.6 Å². The summed E-state index contributed by atoms with van der Waals surface area (Å²) in [5.41, 5.74) is 2.06. The molecule has 2 amide bonds. The second-order valence-electron chi connectivity index (χ2n) is 6.77. The average Bonchev–Trinajstić information content (AvgIpc) is 3.41. The van der Waals surface area contributed by atoms with Crippen LogP contribution in [0.2, 0.25) is 0 Å². The molecule has 1 aromatic heterocycles. The molecule has 0 fully saturated rings. The Morgan fingerprint density at radius 2 is 1.65 bits per heavy atom. The molecule has 0 atom stereocenters. The van der Waals surface area contributed by atoms with Crippen LogP contribution in [0.1, 0.15) is 11.8 Å². The van der Waals surface area contributed by atoms with Gasteiger partial charge in [0.1, 0.15) is 5.70 Å². The molecule has 1 aliphatic rings. The van der Waals surface area contributed by atoms with Crippen molar-refractivity contribution in [2.45, 2.75) is 6.92 Å². The fourth-order valence-electron chi connectivity index (χ4n) is 3.69. The minimum absolute atomic E-state index is 0.357. The van der Waals surface area contributed by atoms with Gasteiger partial charge >= 0.3 is 0 Å². The average molecular weight is 435 g/mol. The Kier molecular flexibility index (Phi) is 5.77. The first-order chi connectivity index (χ1) is 15.1. The molecule has 158 valence electrons. The molecule has 0 bridgehead atoms. The van der Waals surface area contributed by atoms with E-state index in [0.29, 0.717) is 35.0 Å². The van der Waals surface area contributed by atoms with E-state index in [2.05, 4.69) is 0 Å². The summed E-state index contributed by atoms with van der Waals surface area (Å²) in [6.45, 7) is 2.50. The fourth-order valence-corrected chi connectivity index (χ4v) is 4.45. The zero-order chi connectivity index (χ0) is 22.0. The first kappa shape index (κ1) is 20.7. The zero-order valence-corrected chi connectivity index (χ0v) is 18.3. The van der Waals surface area contributed by atoms with Gasteiger partial charge in [0.05, 0.1) is 25.5 Å². The van der Waals surface area contributed by atoms with E-state index in [0.717, 1.165) is 10.6 Å². The molecule has 3 aromatic rings. The largest absolute Gasteiger partial charge is 0.493 e. The molecule has 2 heterocycles. The fraction of sp³-hybridized carbons (Fsp3) is 0.167. The van der Waals surface area contributed by atoms with Crippen LogP contribution < -0.4 is 19.3 Å². The smallest absolute Gasteiger partial charge is 0.282 e. The first-order valence-electron chi connectivity index (χ1n) is 9.82. The van der Waals surface area contributed by atoms with Gasteiger partial charge in [0.25, 0.3) is 11.8 Å². The molecule has 4 rings (SSSR count). The Hall–Kier alpha value is -3.58. The molecule has 0 saturated carbocycles. The minimum Gasteiger partial charge on any atom is -0.493 e. The van der Waals surface area contributed by atoms with Gasteiger partial charge in [-0.25, -0.2) is 4.90 Å². The highest BCUT2D eigenvalue weighted by Gasteiger charge is 2.43. The lowest BCUT2D eigenvalue weighted by Crippen LogP contribution is -2.35. The summed E-state index contributed by atoms with van der Waals surface area (Å²) in [6.07, 6.45) is 0. The van der Waals surface area contributed by atoms with Crippen molar-refractivity contribution in [1.82, 2.24) is 0 Å². The van der Waals surface area contributed by atoms with Crippen LogP contribution in [0.15, 0.2) is 71.7 Å². The zero-order valence-electron chi connectivity index (χ0n) is 17.5. The van der Waals surface area contributed by atoms with Crippen LogP contribution in [0.4, 0.5) is 11.4 Å². The van der Waals surface area contributed by atoms with Crippen LogP contribution in [-0.4, -0.2) is 32.6 Å². The first-order valence-corrected chi connectivity index (χ1v) is 10.7. The van der Waals surface area contributed by atoms with Crippen molar-refractivity contribution in [1.29, 1.82) is 0 Å². The Labute approximate surface area is 184 Å². The number of carbonyl (C=O) groups is 2. The molecule has 6 nitrogen and oxygen atoms in total. The standard InChI is InChI=1S/C24H22N2O4S/c1-4-25(16-9-6-5-7-10-16)22-21(20-11-8-14-31-20)23(27)26(24(22)28)17-12-13-18(29-2)19(15-17)30-3/h5-15H,4H2,1-3H3. The summed E-state index contributed by atoms with van der Waals surface area (Å²) in [4.78, 5) is 31.1. The van der Waals surface area contributed by atoms with Crippen molar-refractivity contribution >= 4 is 40.1 Å². The number of para-hydroxylation sites is 1. The quantitative estimate of drug-likeness (QED) is 0.510. The van der Waals surface area contributed by atoms with Crippen LogP contribution in [0, 0.1) is 0 Å². The maximum absolute atomic E-state index is 13.7. The molecular weight excluding hydrogens is 412 g/mol. The van der Waals surface area contributed by atoms with Crippen LogP contribution in [0.25, 0.3) is 5.57 Å². The summed E-state index contributed by atoms with van der Waals surface area (Å²) < 4.78 is 10.7. The van der Waals surface area contributed by atoms with Crippen LogP contribution in [-0.2, 0) is 9.59 Å². The van der Waals surface area contributed by atoms with E-state index in [-0.39, 0.29) is 11.8 Å². The summed E-state index contributed by atoms with van der Waals surface area (Å²) in [5.74, 6) is 0.244. The number of nitrogens with zero attached hydrogens (tertiary/aromatic N) is 2.